The maximum absolute atomic E-state index is 12.4. The molecule has 4 nitrogen and oxygen atoms in total. The molecule has 0 unspecified atom stereocenters. The molecule has 104 valence electrons. The van der Waals surface area contributed by atoms with Crippen molar-refractivity contribution < 1.29 is 4.79 Å². The molecule has 1 heterocycles. The Morgan fingerprint density at radius 2 is 2.00 bits per heavy atom. The number of rotatable bonds is 4. The first-order chi connectivity index (χ1) is 9.63. The Balaban J connectivity index is 2.26. The molecule has 2 N–H and O–H groups in total. The lowest BCUT2D eigenvalue weighted by Crippen LogP contribution is -2.16. The third-order valence-corrected chi connectivity index (χ3v) is 3.25. The minimum atomic E-state index is -0.150. The van der Waals surface area contributed by atoms with Crippen LogP contribution in [-0.4, -0.2) is 17.4 Å². The van der Waals surface area contributed by atoms with E-state index < -0.39 is 0 Å². The largest absolute Gasteiger partial charge is 0.370 e. The first-order valence-corrected chi connectivity index (χ1v) is 6.70. The number of benzene rings is 1. The number of amides is 1. The quantitative estimate of drug-likeness (QED) is 0.894. The summed E-state index contributed by atoms with van der Waals surface area (Å²) in [6.45, 7) is 6.72. The van der Waals surface area contributed by atoms with Crippen LogP contribution >= 0.6 is 0 Å². The van der Waals surface area contributed by atoms with Crippen LogP contribution in [0.15, 0.2) is 36.5 Å². The Morgan fingerprint density at radius 3 is 2.75 bits per heavy atom. The summed E-state index contributed by atoms with van der Waals surface area (Å²) in [6.07, 6.45) is 1.67. The molecule has 2 rings (SSSR count). The van der Waals surface area contributed by atoms with Crippen molar-refractivity contribution in [3.05, 3.63) is 53.2 Å². The van der Waals surface area contributed by atoms with E-state index in [-0.39, 0.29) is 5.91 Å². The summed E-state index contributed by atoms with van der Waals surface area (Å²) in [4.78, 5) is 16.6. The summed E-state index contributed by atoms with van der Waals surface area (Å²) in [5.74, 6) is 0.459. The number of carbonyl (C=O) groups is 1. The van der Waals surface area contributed by atoms with Gasteiger partial charge in [-0.3, -0.25) is 4.79 Å². The number of aromatic nitrogens is 1. The fraction of sp³-hybridized carbons (Fsp3) is 0.250. The zero-order valence-corrected chi connectivity index (χ0v) is 12.0. The summed E-state index contributed by atoms with van der Waals surface area (Å²) < 4.78 is 0. The molecule has 0 spiro atoms. The third-order valence-electron chi connectivity index (χ3n) is 3.25. The van der Waals surface area contributed by atoms with Gasteiger partial charge >= 0.3 is 0 Å². The van der Waals surface area contributed by atoms with Gasteiger partial charge in [-0.1, -0.05) is 12.1 Å². The summed E-state index contributed by atoms with van der Waals surface area (Å²) in [7, 11) is 0. The van der Waals surface area contributed by atoms with Gasteiger partial charge in [0.15, 0.2) is 0 Å². The van der Waals surface area contributed by atoms with Gasteiger partial charge in [-0.15, -0.1) is 0 Å². The highest BCUT2D eigenvalue weighted by molar-refractivity contribution is 6.07. The van der Waals surface area contributed by atoms with Crippen molar-refractivity contribution in [3.8, 4) is 0 Å². The number of hydrogen-bond donors (Lipinski definition) is 2. The Morgan fingerprint density at radius 1 is 1.20 bits per heavy atom. The average molecular weight is 269 g/mol. The number of nitrogens with zero attached hydrogens (tertiary/aromatic N) is 1. The van der Waals surface area contributed by atoms with Gasteiger partial charge < -0.3 is 10.6 Å². The second-order valence-corrected chi connectivity index (χ2v) is 4.63. The van der Waals surface area contributed by atoms with E-state index in [0.717, 1.165) is 23.4 Å². The van der Waals surface area contributed by atoms with Crippen LogP contribution < -0.4 is 10.6 Å². The van der Waals surface area contributed by atoms with Crippen LogP contribution in [0.2, 0.25) is 0 Å². The van der Waals surface area contributed by atoms with Crippen molar-refractivity contribution in [2.45, 2.75) is 20.8 Å². The molecule has 20 heavy (non-hydrogen) atoms. The molecular weight excluding hydrogens is 250 g/mol. The molecular formula is C16H19N3O. The Kier molecular flexibility index (Phi) is 4.35. The molecule has 2 aromatic rings. The van der Waals surface area contributed by atoms with Crippen LogP contribution in [0.25, 0.3) is 0 Å². The Bertz CT molecular complexity index is 623. The first kappa shape index (κ1) is 14.1. The lowest BCUT2D eigenvalue weighted by Gasteiger charge is -2.12. The fourth-order valence-corrected chi connectivity index (χ4v) is 1.97. The van der Waals surface area contributed by atoms with Gasteiger partial charge in [-0.05, 0) is 50.1 Å². The van der Waals surface area contributed by atoms with E-state index in [2.05, 4.69) is 15.6 Å². The minimum absolute atomic E-state index is 0.150. The second-order valence-electron chi connectivity index (χ2n) is 4.63. The molecule has 0 fully saturated rings. The number of pyridine rings is 1. The van der Waals surface area contributed by atoms with Gasteiger partial charge in [-0.2, -0.15) is 0 Å². The number of hydrogen-bond acceptors (Lipinski definition) is 3. The average Bonchev–Trinajstić information content (AvgIpc) is 2.45. The van der Waals surface area contributed by atoms with E-state index in [1.807, 2.05) is 39.0 Å². The number of anilines is 2. The maximum Gasteiger partial charge on any atom is 0.259 e. The van der Waals surface area contributed by atoms with Gasteiger partial charge in [0.05, 0.1) is 5.56 Å². The van der Waals surface area contributed by atoms with Gasteiger partial charge in [0, 0.05) is 18.4 Å². The lowest BCUT2D eigenvalue weighted by atomic mass is 10.1. The molecule has 1 aromatic carbocycles. The van der Waals surface area contributed by atoms with Gasteiger partial charge in [0.1, 0.15) is 5.82 Å². The van der Waals surface area contributed by atoms with E-state index in [1.165, 1.54) is 0 Å². The number of aryl methyl sites for hydroxylation is 1. The summed E-state index contributed by atoms with van der Waals surface area (Å²) in [5, 5.41) is 6.04. The number of nitrogens with one attached hydrogen (secondary N) is 2. The van der Waals surface area contributed by atoms with Gasteiger partial charge in [0.25, 0.3) is 5.91 Å². The van der Waals surface area contributed by atoms with Crippen LogP contribution in [0.3, 0.4) is 0 Å². The topological polar surface area (TPSA) is 54.0 Å². The van der Waals surface area contributed by atoms with Crippen molar-refractivity contribution >= 4 is 17.4 Å². The highest BCUT2D eigenvalue weighted by atomic mass is 16.1. The van der Waals surface area contributed by atoms with E-state index in [9.17, 15) is 4.79 Å². The molecule has 0 saturated carbocycles. The van der Waals surface area contributed by atoms with Crippen molar-refractivity contribution in [2.75, 3.05) is 17.2 Å². The molecule has 0 bridgehead atoms. The molecule has 0 radical (unpaired) electrons. The van der Waals surface area contributed by atoms with Crippen LogP contribution in [0.1, 0.15) is 28.4 Å². The van der Waals surface area contributed by atoms with E-state index in [1.54, 1.807) is 18.3 Å². The Labute approximate surface area is 119 Å². The molecule has 1 aromatic heterocycles. The molecule has 0 aliphatic heterocycles. The minimum Gasteiger partial charge on any atom is -0.370 e. The zero-order valence-electron chi connectivity index (χ0n) is 12.0. The first-order valence-electron chi connectivity index (χ1n) is 6.70. The second kappa shape index (κ2) is 6.19. The summed E-state index contributed by atoms with van der Waals surface area (Å²) in [5.41, 5.74) is 3.62. The normalized spacial score (nSPS) is 10.2. The molecule has 1 amide bonds. The molecule has 0 aliphatic carbocycles. The SMILES string of the molecule is CCNc1ncccc1C(=O)Nc1cccc(C)c1C. The summed E-state index contributed by atoms with van der Waals surface area (Å²) >= 11 is 0. The van der Waals surface area contributed by atoms with Crippen LogP contribution in [0.5, 0.6) is 0 Å². The van der Waals surface area contributed by atoms with Crippen molar-refractivity contribution in [1.82, 2.24) is 4.98 Å². The van der Waals surface area contributed by atoms with Crippen LogP contribution in [0, 0.1) is 13.8 Å². The van der Waals surface area contributed by atoms with Crippen molar-refractivity contribution in [3.63, 3.8) is 0 Å². The highest BCUT2D eigenvalue weighted by Gasteiger charge is 2.13. The molecule has 0 saturated heterocycles. The monoisotopic (exact) mass is 269 g/mol. The van der Waals surface area contributed by atoms with E-state index in [4.69, 9.17) is 0 Å². The van der Waals surface area contributed by atoms with Crippen molar-refractivity contribution in [2.24, 2.45) is 0 Å². The smallest absolute Gasteiger partial charge is 0.259 e. The third kappa shape index (κ3) is 2.96. The Hall–Kier alpha value is -2.36. The summed E-state index contributed by atoms with van der Waals surface area (Å²) in [6, 6.07) is 9.40. The van der Waals surface area contributed by atoms with E-state index in [0.29, 0.717) is 11.4 Å². The predicted molar refractivity (Wildman–Crippen MR) is 82.3 cm³/mol. The zero-order chi connectivity index (χ0) is 14.5. The van der Waals surface area contributed by atoms with Gasteiger partial charge in [-0.25, -0.2) is 4.98 Å². The van der Waals surface area contributed by atoms with Crippen LogP contribution in [-0.2, 0) is 0 Å². The van der Waals surface area contributed by atoms with Crippen LogP contribution in [0.4, 0.5) is 11.5 Å². The molecule has 0 aliphatic rings. The molecule has 4 heteroatoms. The number of carbonyl (C=O) groups excluding carboxylic acids is 1. The van der Waals surface area contributed by atoms with E-state index >= 15 is 0 Å². The lowest BCUT2D eigenvalue weighted by molar-refractivity contribution is 0.102. The van der Waals surface area contributed by atoms with Crippen molar-refractivity contribution in [1.29, 1.82) is 0 Å². The maximum atomic E-state index is 12.4. The standard InChI is InChI=1S/C16H19N3O/c1-4-17-15-13(8-6-10-18-15)16(20)19-14-9-5-7-11(2)12(14)3/h5-10H,4H2,1-3H3,(H,17,18)(H,19,20). The molecule has 0 atom stereocenters. The highest BCUT2D eigenvalue weighted by Crippen LogP contribution is 2.20. The predicted octanol–water partition coefficient (Wildman–Crippen LogP) is 3.38. The fourth-order valence-electron chi connectivity index (χ4n) is 1.97. The van der Waals surface area contributed by atoms with Gasteiger partial charge in [0.2, 0.25) is 0 Å².